The van der Waals surface area contributed by atoms with Crippen molar-refractivity contribution in [2.45, 2.75) is 32.1 Å². The Morgan fingerprint density at radius 1 is 0.828 bits per heavy atom. The topological polar surface area (TPSA) is 75.3 Å². The summed E-state index contributed by atoms with van der Waals surface area (Å²) in [4.78, 5) is 12.6. The standard InChI is InChI=1S/C23H24N2O3S/c1-16-7-6-10-21(13-16)25-29(27,28)22-15-20(12-11-18(22)3)24-23(26)14-19-9-5-4-8-17(19)2/h4-13,15,25H,14H2,1-3H3,(H,24,26). The maximum Gasteiger partial charge on any atom is 0.262 e. The molecule has 0 bridgehead atoms. The monoisotopic (exact) mass is 408 g/mol. The van der Waals surface area contributed by atoms with E-state index < -0.39 is 10.0 Å². The van der Waals surface area contributed by atoms with Gasteiger partial charge in [0.1, 0.15) is 0 Å². The number of anilines is 2. The van der Waals surface area contributed by atoms with Gasteiger partial charge in [-0.2, -0.15) is 0 Å². The van der Waals surface area contributed by atoms with E-state index in [4.69, 9.17) is 0 Å². The summed E-state index contributed by atoms with van der Waals surface area (Å²) in [6, 6.07) is 19.7. The minimum atomic E-state index is -3.79. The summed E-state index contributed by atoms with van der Waals surface area (Å²) in [5, 5.41) is 2.80. The van der Waals surface area contributed by atoms with E-state index >= 15 is 0 Å². The Morgan fingerprint density at radius 2 is 1.59 bits per heavy atom. The normalized spacial score (nSPS) is 11.1. The number of sulfonamides is 1. The summed E-state index contributed by atoms with van der Waals surface area (Å²) in [7, 11) is -3.79. The molecule has 0 aliphatic rings. The van der Waals surface area contributed by atoms with Gasteiger partial charge in [0.25, 0.3) is 10.0 Å². The average molecular weight is 409 g/mol. The van der Waals surface area contributed by atoms with E-state index in [9.17, 15) is 13.2 Å². The third-order valence-corrected chi connectivity index (χ3v) is 6.17. The van der Waals surface area contributed by atoms with E-state index in [0.717, 1.165) is 16.7 Å². The summed E-state index contributed by atoms with van der Waals surface area (Å²) >= 11 is 0. The van der Waals surface area contributed by atoms with Crippen molar-refractivity contribution in [3.63, 3.8) is 0 Å². The maximum absolute atomic E-state index is 12.9. The third kappa shape index (κ3) is 5.23. The number of carbonyl (C=O) groups excluding carboxylic acids is 1. The van der Waals surface area contributed by atoms with Crippen molar-refractivity contribution in [2.24, 2.45) is 0 Å². The van der Waals surface area contributed by atoms with Crippen LogP contribution in [0.1, 0.15) is 22.3 Å². The lowest BCUT2D eigenvalue weighted by Crippen LogP contribution is -2.17. The number of rotatable bonds is 6. The lowest BCUT2D eigenvalue weighted by Gasteiger charge is -2.13. The number of aryl methyl sites for hydroxylation is 3. The van der Waals surface area contributed by atoms with Crippen LogP contribution in [0.15, 0.2) is 71.6 Å². The molecular formula is C23H24N2O3S. The summed E-state index contributed by atoms with van der Waals surface area (Å²) in [5.74, 6) is -0.196. The number of hydrogen-bond donors (Lipinski definition) is 2. The molecule has 0 atom stereocenters. The molecule has 0 heterocycles. The highest BCUT2D eigenvalue weighted by Gasteiger charge is 2.18. The molecule has 0 aliphatic carbocycles. The molecule has 0 aromatic heterocycles. The molecule has 3 aromatic carbocycles. The van der Waals surface area contributed by atoms with E-state index in [0.29, 0.717) is 16.9 Å². The first kappa shape index (κ1) is 20.6. The van der Waals surface area contributed by atoms with Gasteiger partial charge in [-0.25, -0.2) is 8.42 Å². The molecule has 1 amide bonds. The quantitative estimate of drug-likeness (QED) is 0.626. The average Bonchev–Trinajstić information content (AvgIpc) is 2.65. The predicted molar refractivity (Wildman–Crippen MR) is 117 cm³/mol. The van der Waals surface area contributed by atoms with Crippen LogP contribution in [0.25, 0.3) is 0 Å². The van der Waals surface area contributed by atoms with Gasteiger partial charge < -0.3 is 5.32 Å². The van der Waals surface area contributed by atoms with Crippen LogP contribution < -0.4 is 10.0 Å². The second-order valence-corrected chi connectivity index (χ2v) is 8.76. The number of nitrogens with one attached hydrogen (secondary N) is 2. The fraction of sp³-hybridized carbons (Fsp3) is 0.174. The van der Waals surface area contributed by atoms with Crippen molar-refractivity contribution < 1.29 is 13.2 Å². The van der Waals surface area contributed by atoms with Crippen LogP contribution in [-0.2, 0) is 21.2 Å². The van der Waals surface area contributed by atoms with Crippen molar-refractivity contribution in [3.05, 3.63) is 89.0 Å². The number of amides is 1. The van der Waals surface area contributed by atoms with Crippen LogP contribution in [0.5, 0.6) is 0 Å². The van der Waals surface area contributed by atoms with Crippen molar-refractivity contribution in [2.75, 3.05) is 10.0 Å². The molecule has 0 saturated carbocycles. The highest BCUT2D eigenvalue weighted by molar-refractivity contribution is 7.92. The van der Waals surface area contributed by atoms with E-state index in [2.05, 4.69) is 10.0 Å². The lowest BCUT2D eigenvalue weighted by molar-refractivity contribution is -0.115. The Hall–Kier alpha value is -3.12. The predicted octanol–water partition coefficient (Wildman–Crippen LogP) is 4.59. The Kier molecular flexibility index (Phi) is 6.03. The molecule has 150 valence electrons. The SMILES string of the molecule is Cc1cccc(NS(=O)(=O)c2cc(NC(=O)Cc3ccccc3C)ccc2C)c1. The fourth-order valence-electron chi connectivity index (χ4n) is 3.07. The largest absolute Gasteiger partial charge is 0.326 e. The van der Waals surface area contributed by atoms with Crippen molar-refractivity contribution in [3.8, 4) is 0 Å². The Labute approximate surface area is 171 Å². The van der Waals surface area contributed by atoms with Crippen molar-refractivity contribution >= 4 is 27.3 Å². The summed E-state index contributed by atoms with van der Waals surface area (Å²) in [6.45, 7) is 5.58. The fourth-order valence-corrected chi connectivity index (χ4v) is 4.39. The minimum absolute atomic E-state index is 0.132. The molecule has 6 heteroatoms. The molecule has 3 aromatic rings. The van der Waals surface area contributed by atoms with E-state index in [1.54, 1.807) is 37.3 Å². The first-order valence-corrected chi connectivity index (χ1v) is 10.8. The highest BCUT2D eigenvalue weighted by atomic mass is 32.2. The van der Waals surface area contributed by atoms with Crippen LogP contribution in [0.3, 0.4) is 0 Å². The second-order valence-electron chi connectivity index (χ2n) is 7.11. The second kappa shape index (κ2) is 8.49. The molecule has 0 spiro atoms. The van der Waals surface area contributed by atoms with Gasteiger partial charge in [-0.1, -0.05) is 42.5 Å². The Morgan fingerprint density at radius 3 is 2.31 bits per heavy atom. The third-order valence-electron chi connectivity index (χ3n) is 4.64. The summed E-state index contributed by atoms with van der Waals surface area (Å²) < 4.78 is 28.4. The molecule has 0 aliphatic heterocycles. The summed E-state index contributed by atoms with van der Waals surface area (Å²) in [6.07, 6.45) is 0.226. The smallest absolute Gasteiger partial charge is 0.262 e. The molecule has 5 nitrogen and oxygen atoms in total. The molecule has 0 unspecified atom stereocenters. The zero-order chi connectivity index (χ0) is 21.0. The van der Waals surface area contributed by atoms with Crippen LogP contribution in [0.4, 0.5) is 11.4 Å². The van der Waals surface area contributed by atoms with Crippen molar-refractivity contribution in [1.29, 1.82) is 0 Å². The Bertz CT molecular complexity index is 1150. The minimum Gasteiger partial charge on any atom is -0.326 e. The summed E-state index contributed by atoms with van der Waals surface area (Å²) in [5.41, 5.74) is 4.47. The van der Waals surface area contributed by atoms with Gasteiger partial charge in [-0.15, -0.1) is 0 Å². The first-order valence-electron chi connectivity index (χ1n) is 9.29. The van der Waals surface area contributed by atoms with Gasteiger partial charge in [-0.05, 0) is 67.3 Å². The molecule has 0 radical (unpaired) electrons. The zero-order valence-electron chi connectivity index (χ0n) is 16.7. The van der Waals surface area contributed by atoms with Gasteiger partial charge in [-0.3, -0.25) is 9.52 Å². The van der Waals surface area contributed by atoms with Gasteiger partial charge >= 0.3 is 0 Å². The highest BCUT2D eigenvalue weighted by Crippen LogP contribution is 2.23. The molecule has 3 rings (SSSR count). The van der Waals surface area contributed by atoms with Crippen LogP contribution in [-0.4, -0.2) is 14.3 Å². The van der Waals surface area contributed by atoms with E-state index in [1.807, 2.05) is 44.2 Å². The number of carbonyl (C=O) groups is 1. The number of benzene rings is 3. The van der Waals surface area contributed by atoms with E-state index in [-0.39, 0.29) is 17.2 Å². The molecule has 0 saturated heterocycles. The zero-order valence-corrected chi connectivity index (χ0v) is 17.5. The molecule has 29 heavy (non-hydrogen) atoms. The van der Waals surface area contributed by atoms with Crippen LogP contribution >= 0.6 is 0 Å². The van der Waals surface area contributed by atoms with Gasteiger partial charge in [0, 0.05) is 11.4 Å². The molecule has 0 fully saturated rings. The molecular weight excluding hydrogens is 384 g/mol. The van der Waals surface area contributed by atoms with Gasteiger partial charge in [0.15, 0.2) is 0 Å². The molecule has 2 N–H and O–H groups in total. The maximum atomic E-state index is 12.9. The van der Waals surface area contributed by atoms with Gasteiger partial charge in [0.2, 0.25) is 5.91 Å². The first-order chi connectivity index (χ1) is 13.7. The van der Waals surface area contributed by atoms with Crippen LogP contribution in [0, 0.1) is 20.8 Å². The van der Waals surface area contributed by atoms with Crippen LogP contribution in [0.2, 0.25) is 0 Å². The van der Waals surface area contributed by atoms with E-state index in [1.165, 1.54) is 6.07 Å². The Balaban J connectivity index is 1.80. The van der Waals surface area contributed by atoms with Crippen molar-refractivity contribution in [1.82, 2.24) is 0 Å². The van der Waals surface area contributed by atoms with Gasteiger partial charge in [0.05, 0.1) is 11.3 Å². The number of hydrogen-bond acceptors (Lipinski definition) is 3. The lowest BCUT2D eigenvalue weighted by atomic mass is 10.1.